The lowest BCUT2D eigenvalue weighted by molar-refractivity contribution is -0.133. The van der Waals surface area contributed by atoms with Crippen LogP contribution in [-0.4, -0.2) is 54.0 Å². The van der Waals surface area contributed by atoms with Crippen LogP contribution in [0.5, 0.6) is 0 Å². The van der Waals surface area contributed by atoms with E-state index in [2.05, 4.69) is 16.7 Å². The van der Waals surface area contributed by atoms with Crippen molar-refractivity contribution in [2.75, 3.05) is 26.2 Å². The van der Waals surface area contributed by atoms with Crippen molar-refractivity contribution in [1.29, 1.82) is 0 Å². The Bertz CT molecular complexity index is 286. The average molecular weight is 326 g/mol. The predicted octanol–water partition coefficient (Wildman–Crippen LogP) is 2.04. The monoisotopic (exact) mass is 325 g/mol. The summed E-state index contributed by atoms with van der Waals surface area (Å²) in [7, 11) is 0. The zero-order valence-electron chi connectivity index (χ0n) is 12.4. The lowest BCUT2D eigenvalue weighted by Gasteiger charge is -2.30. The summed E-state index contributed by atoms with van der Waals surface area (Å²) in [6.45, 7) is 6.47. The van der Waals surface area contributed by atoms with Crippen LogP contribution >= 0.6 is 24.8 Å². The Balaban J connectivity index is 0.00000180. The molecule has 4 nitrogen and oxygen atoms in total. The number of carbonyl (C=O) groups excluding carboxylic acids is 1. The molecule has 0 spiro atoms. The maximum absolute atomic E-state index is 12.3. The molecule has 20 heavy (non-hydrogen) atoms. The van der Waals surface area contributed by atoms with Gasteiger partial charge in [-0.3, -0.25) is 4.79 Å². The van der Waals surface area contributed by atoms with E-state index >= 15 is 0 Å². The van der Waals surface area contributed by atoms with Gasteiger partial charge in [-0.15, -0.1) is 24.8 Å². The third kappa shape index (κ3) is 5.06. The molecule has 2 aliphatic rings. The Hall–Kier alpha value is -0.0300. The topological polar surface area (TPSA) is 49.6 Å². The molecule has 2 atom stereocenters. The molecule has 2 saturated heterocycles. The maximum Gasteiger partial charge on any atom is 0.239 e. The molecule has 0 bridgehead atoms. The second-order valence-corrected chi connectivity index (χ2v) is 5.73. The Labute approximate surface area is 135 Å². The number of nitrogens with zero attached hydrogens (tertiary/aromatic N) is 2. The fourth-order valence-corrected chi connectivity index (χ4v) is 3.23. The fraction of sp³-hybridized carbons (Fsp3) is 0.929. The first-order valence-electron chi connectivity index (χ1n) is 7.50. The molecule has 120 valence electrons. The van der Waals surface area contributed by atoms with Gasteiger partial charge in [-0.05, 0) is 45.2 Å². The summed E-state index contributed by atoms with van der Waals surface area (Å²) in [5.74, 6) is 0.179. The van der Waals surface area contributed by atoms with Gasteiger partial charge in [-0.1, -0.05) is 13.3 Å². The summed E-state index contributed by atoms with van der Waals surface area (Å²) >= 11 is 0. The smallest absolute Gasteiger partial charge is 0.239 e. The first kappa shape index (κ1) is 20.0. The summed E-state index contributed by atoms with van der Waals surface area (Å²) < 4.78 is 0. The fourth-order valence-electron chi connectivity index (χ4n) is 3.23. The van der Waals surface area contributed by atoms with Crippen LogP contribution in [0.25, 0.3) is 0 Å². The average Bonchev–Trinajstić information content (AvgIpc) is 3.00. The quantitative estimate of drug-likeness (QED) is 0.841. The van der Waals surface area contributed by atoms with E-state index in [0.717, 1.165) is 38.8 Å². The first-order valence-corrected chi connectivity index (χ1v) is 7.50. The third-order valence-corrected chi connectivity index (χ3v) is 4.24. The SMILES string of the molecule is CCCC(N)C(=O)N1CCCC1CN1CCCC1.Cl.Cl. The lowest BCUT2D eigenvalue weighted by atomic mass is 10.1. The third-order valence-electron chi connectivity index (χ3n) is 4.24. The highest BCUT2D eigenvalue weighted by atomic mass is 35.5. The largest absolute Gasteiger partial charge is 0.337 e. The molecule has 2 heterocycles. The van der Waals surface area contributed by atoms with Crippen molar-refractivity contribution in [3.8, 4) is 0 Å². The van der Waals surface area contributed by atoms with Crippen molar-refractivity contribution in [1.82, 2.24) is 9.80 Å². The Morgan fingerprint density at radius 2 is 1.85 bits per heavy atom. The van der Waals surface area contributed by atoms with Gasteiger partial charge in [0.1, 0.15) is 0 Å². The highest BCUT2D eigenvalue weighted by molar-refractivity contribution is 5.85. The number of halogens is 2. The van der Waals surface area contributed by atoms with Gasteiger partial charge >= 0.3 is 0 Å². The van der Waals surface area contributed by atoms with Crippen molar-refractivity contribution < 1.29 is 4.79 Å². The predicted molar refractivity (Wildman–Crippen MR) is 87.8 cm³/mol. The van der Waals surface area contributed by atoms with Crippen LogP contribution < -0.4 is 5.73 Å². The van der Waals surface area contributed by atoms with E-state index in [0.29, 0.717) is 6.04 Å². The summed E-state index contributed by atoms with van der Waals surface area (Å²) in [6, 6.07) is 0.132. The van der Waals surface area contributed by atoms with Gasteiger partial charge in [0.15, 0.2) is 0 Å². The molecular formula is C14H29Cl2N3O. The molecule has 2 N–H and O–H groups in total. The van der Waals surface area contributed by atoms with Gasteiger partial charge in [0.05, 0.1) is 6.04 Å². The number of hydrogen-bond acceptors (Lipinski definition) is 3. The van der Waals surface area contributed by atoms with Gasteiger partial charge in [-0.2, -0.15) is 0 Å². The minimum absolute atomic E-state index is 0. The highest BCUT2D eigenvalue weighted by Gasteiger charge is 2.32. The number of hydrogen-bond donors (Lipinski definition) is 1. The van der Waals surface area contributed by atoms with Crippen molar-refractivity contribution in [2.45, 2.75) is 57.5 Å². The summed E-state index contributed by atoms with van der Waals surface area (Å²) in [5.41, 5.74) is 5.97. The zero-order chi connectivity index (χ0) is 13.0. The number of carbonyl (C=O) groups is 1. The van der Waals surface area contributed by atoms with Gasteiger partial charge < -0.3 is 15.5 Å². The van der Waals surface area contributed by atoms with Crippen LogP contribution in [0, 0.1) is 0 Å². The first-order chi connectivity index (χ1) is 8.72. The van der Waals surface area contributed by atoms with E-state index in [1.807, 2.05) is 0 Å². The Morgan fingerprint density at radius 1 is 1.20 bits per heavy atom. The molecule has 0 aliphatic carbocycles. The molecule has 2 fully saturated rings. The molecule has 0 aromatic heterocycles. The Kier molecular flexibility index (Phi) is 9.81. The molecule has 0 radical (unpaired) electrons. The van der Waals surface area contributed by atoms with Gasteiger partial charge in [0.25, 0.3) is 0 Å². The molecule has 2 rings (SSSR count). The van der Waals surface area contributed by atoms with E-state index in [9.17, 15) is 4.79 Å². The number of nitrogens with two attached hydrogens (primary N) is 1. The number of likely N-dealkylation sites (tertiary alicyclic amines) is 2. The van der Waals surface area contributed by atoms with Crippen molar-refractivity contribution in [3.05, 3.63) is 0 Å². The van der Waals surface area contributed by atoms with Crippen LogP contribution in [0.1, 0.15) is 45.4 Å². The molecule has 0 saturated carbocycles. The number of amides is 1. The van der Waals surface area contributed by atoms with Gasteiger partial charge in [-0.25, -0.2) is 0 Å². The maximum atomic E-state index is 12.3. The van der Waals surface area contributed by atoms with Gasteiger partial charge in [0.2, 0.25) is 5.91 Å². The van der Waals surface area contributed by atoms with Crippen molar-refractivity contribution in [2.24, 2.45) is 5.73 Å². The summed E-state index contributed by atoms with van der Waals surface area (Å²) in [4.78, 5) is 16.9. The Morgan fingerprint density at radius 3 is 2.45 bits per heavy atom. The van der Waals surface area contributed by atoms with Crippen molar-refractivity contribution in [3.63, 3.8) is 0 Å². The minimum Gasteiger partial charge on any atom is -0.337 e. The minimum atomic E-state index is -0.283. The van der Waals surface area contributed by atoms with E-state index in [4.69, 9.17) is 5.73 Å². The zero-order valence-corrected chi connectivity index (χ0v) is 14.1. The summed E-state index contributed by atoms with van der Waals surface area (Å²) in [5, 5.41) is 0. The van der Waals surface area contributed by atoms with E-state index in [1.165, 1.54) is 25.9 Å². The molecule has 2 unspecified atom stereocenters. The van der Waals surface area contributed by atoms with E-state index in [-0.39, 0.29) is 36.8 Å². The van der Waals surface area contributed by atoms with Crippen LogP contribution in [0.4, 0.5) is 0 Å². The van der Waals surface area contributed by atoms with Crippen LogP contribution in [0.2, 0.25) is 0 Å². The summed E-state index contributed by atoms with van der Waals surface area (Å²) in [6.07, 6.45) is 6.72. The van der Waals surface area contributed by atoms with E-state index < -0.39 is 0 Å². The second kappa shape index (κ2) is 9.82. The molecule has 0 aromatic carbocycles. The van der Waals surface area contributed by atoms with Crippen LogP contribution in [-0.2, 0) is 4.79 Å². The molecular weight excluding hydrogens is 297 g/mol. The molecule has 0 aromatic rings. The second-order valence-electron chi connectivity index (χ2n) is 5.73. The normalized spacial score (nSPS) is 24.1. The number of rotatable bonds is 5. The highest BCUT2D eigenvalue weighted by Crippen LogP contribution is 2.21. The molecule has 2 aliphatic heterocycles. The van der Waals surface area contributed by atoms with Crippen LogP contribution in [0.15, 0.2) is 0 Å². The lowest BCUT2D eigenvalue weighted by Crippen LogP contribution is -2.49. The standard InChI is InChI=1S/C14H27N3O.2ClH/c1-2-6-13(15)14(18)17-10-5-7-12(17)11-16-8-3-4-9-16;;/h12-13H,2-11,15H2,1H3;2*1H. The van der Waals surface area contributed by atoms with Gasteiger partial charge in [0, 0.05) is 19.1 Å². The van der Waals surface area contributed by atoms with Crippen molar-refractivity contribution >= 4 is 30.7 Å². The molecule has 6 heteroatoms. The van der Waals surface area contributed by atoms with Crippen LogP contribution in [0.3, 0.4) is 0 Å². The molecule has 1 amide bonds. The van der Waals surface area contributed by atoms with E-state index in [1.54, 1.807) is 0 Å².